The number of benzene rings is 2. The first-order valence-corrected chi connectivity index (χ1v) is 10.1. The zero-order valence-electron chi connectivity index (χ0n) is 17.3. The number of rotatable bonds is 9. The number of nitrogens with one attached hydrogen (secondary N) is 2. The van der Waals surface area contributed by atoms with Gasteiger partial charge in [-0.1, -0.05) is 0 Å². The molecule has 2 aromatic heterocycles. The number of nitrogens with two attached hydrogens (primary N) is 2. The molecule has 2 aromatic carbocycles. The fourth-order valence-electron chi connectivity index (χ4n) is 3.32. The Balaban J connectivity index is 1.43. The van der Waals surface area contributed by atoms with Crippen LogP contribution in [0, 0.1) is 5.82 Å². The number of nitrogens with zero attached hydrogens (tertiary/aromatic N) is 3. The van der Waals surface area contributed by atoms with Crippen LogP contribution < -0.4 is 26.6 Å². The summed E-state index contributed by atoms with van der Waals surface area (Å²) in [6.45, 7) is 0.691. The summed E-state index contributed by atoms with van der Waals surface area (Å²) in [5.74, 6) is 7.30. The van der Waals surface area contributed by atoms with Crippen LogP contribution in [0.4, 0.5) is 27.5 Å². The number of aromatic nitrogens is 3. The number of ether oxygens (including phenoxy) is 1. The Hall–Kier alpha value is -3.89. The van der Waals surface area contributed by atoms with Gasteiger partial charge in [0.15, 0.2) is 5.82 Å². The molecule has 0 unspecified atom stereocenters. The maximum absolute atomic E-state index is 13.6. The van der Waals surface area contributed by atoms with Crippen LogP contribution in [0.2, 0.25) is 0 Å². The minimum atomic E-state index is -0.270. The van der Waals surface area contributed by atoms with Gasteiger partial charge in [0.25, 0.3) is 0 Å². The molecule has 4 rings (SSSR count). The van der Waals surface area contributed by atoms with Gasteiger partial charge >= 0.3 is 0 Å². The molecule has 0 saturated heterocycles. The lowest BCUT2D eigenvalue weighted by molar-refractivity contribution is 0.201. The van der Waals surface area contributed by atoms with E-state index in [0.29, 0.717) is 41.9 Å². The van der Waals surface area contributed by atoms with E-state index in [9.17, 15) is 4.39 Å². The van der Waals surface area contributed by atoms with Gasteiger partial charge in [-0.15, -0.1) is 0 Å². The number of hydrazine groups is 1. The van der Waals surface area contributed by atoms with Crippen molar-refractivity contribution in [3.05, 3.63) is 66.2 Å². The number of aromatic amines is 1. The van der Waals surface area contributed by atoms with Gasteiger partial charge in [-0.25, -0.2) is 15.2 Å². The third-order valence-electron chi connectivity index (χ3n) is 4.91. The van der Waals surface area contributed by atoms with Crippen LogP contribution in [-0.2, 0) is 6.42 Å². The van der Waals surface area contributed by atoms with Crippen LogP contribution in [0.1, 0.15) is 5.56 Å². The molecule has 32 heavy (non-hydrogen) atoms. The van der Waals surface area contributed by atoms with Crippen molar-refractivity contribution in [1.82, 2.24) is 15.0 Å². The lowest BCUT2D eigenvalue weighted by atomic mass is 10.1. The number of nitrogen functional groups attached to an aromatic ring is 1. The Morgan fingerprint density at radius 1 is 1.19 bits per heavy atom. The predicted octanol–water partition coefficient (Wildman–Crippen LogP) is 2.72. The lowest BCUT2D eigenvalue weighted by Gasteiger charge is -2.20. The van der Waals surface area contributed by atoms with Gasteiger partial charge in [-0.05, 0) is 54.4 Å². The van der Waals surface area contributed by atoms with Crippen molar-refractivity contribution in [3.8, 4) is 5.75 Å². The number of anilines is 4. The minimum absolute atomic E-state index is 0.0603. The van der Waals surface area contributed by atoms with Crippen molar-refractivity contribution in [2.24, 2.45) is 5.84 Å². The van der Waals surface area contributed by atoms with Gasteiger partial charge in [0.05, 0.1) is 24.2 Å². The highest BCUT2D eigenvalue weighted by molar-refractivity contribution is 5.83. The van der Waals surface area contributed by atoms with Crippen LogP contribution in [0.25, 0.3) is 10.9 Å². The van der Waals surface area contributed by atoms with Crippen molar-refractivity contribution in [2.45, 2.75) is 6.42 Å². The van der Waals surface area contributed by atoms with Gasteiger partial charge in [0, 0.05) is 23.6 Å². The summed E-state index contributed by atoms with van der Waals surface area (Å²) in [6, 6.07) is 11.7. The summed E-state index contributed by atoms with van der Waals surface area (Å²) in [7, 11) is 0. The van der Waals surface area contributed by atoms with E-state index >= 15 is 0 Å². The number of hydrogen-bond donors (Lipinski definition) is 5. The van der Waals surface area contributed by atoms with E-state index in [4.69, 9.17) is 21.4 Å². The second kappa shape index (κ2) is 9.50. The normalized spacial score (nSPS) is 11.0. The Kier molecular flexibility index (Phi) is 6.34. The van der Waals surface area contributed by atoms with Gasteiger partial charge in [0.2, 0.25) is 5.95 Å². The number of fused-ring (bicyclic) bond motifs is 1. The molecule has 2 heterocycles. The molecule has 0 aliphatic rings. The molecular weight excluding hydrogens is 413 g/mol. The standard InChI is InChI=1S/C22H24FN7O2/c23-15-1-6-20-18(11-15)14(12-27-20)7-8-26-22-28-13-19(24)21(29-22)30(25)16-2-4-17(5-3-16)32-10-9-31/h1-6,11-13,27,31H,7-10,24-25H2,(H,26,28,29). The zero-order chi connectivity index (χ0) is 22.5. The molecule has 0 aliphatic heterocycles. The van der Waals surface area contributed by atoms with Crippen LogP contribution in [0.15, 0.2) is 54.9 Å². The Labute approximate surface area is 183 Å². The van der Waals surface area contributed by atoms with Crippen molar-refractivity contribution in [1.29, 1.82) is 0 Å². The maximum Gasteiger partial charge on any atom is 0.224 e. The molecule has 7 N–H and O–H groups in total. The van der Waals surface area contributed by atoms with E-state index in [1.165, 1.54) is 23.3 Å². The van der Waals surface area contributed by atoms with E-state index in [1.54, 1.807) is 30.3 Å². The monoisotopic (exact) mass is 437 g/mol. The van der Waals surface area contributed by atoms with Crippen LogP contribution >= 0.6 is 0 Å². The third kappa shape index (κ3) is 4.71. The smallest absolute Gasteiger partial charge is 0.224 e. The predicted molar refractivity (Wildman–Crippen MR) is 122 cm³/mol. The largest absolute Gasteiger partial charge is 0.491 e. The Bertz CT molecular complexity index is 1200. The molecule has 0 saturated carbocycles. The Morgan fingerprint density at radius 3 is 2.78 bits per heavy atom. The first-order chi connectivity index (χ1) is 15.5. The molecule has 166 valence electrons. The van der Waals surface area contributed by atoms with Crippen LogP contribution in [0.5, 0.6) is 5.75 Å². The lowest BCUT2D eigenvalue weighted by Crippen LogP contribution is -2.27. The first kappa shape index (κ1) is 21.3. The average Bonchev–Trinajstić information content (AvgIpc) is 3.20. The summed E-state index contributed by atoms with van der Waals surface area (Å²) in [6.07, 6.45) is 4.01. The summed E-state index contributed by atoms with van der Waals surface area (Å²) in [5, 5.41) is 14.2. The minimum Gasteiger partial charge on any atom is -0.491 e. The number of hydrogen-bond acceptors (Lipinski definition) is 8. The highest BCUT2D eigenvalue weighted by Gasteiger charge is 2.13. The van der Waals surface area contributed by atoms with Crippen molar-refractivity contribution >= 4 is 34.0 Å². The molecule has 0 aliphatic carbocycles. The highest BCUT2D eigenvalue weighted by atomic mass is 19.1. The summed E-state index contributed by atoms with van der Waals surface area (Å²) in [5.41, 5.74) is 8.90. The Morgan fingerprint density at radius 2 is 2.00 bits per heavy atom. The molecule has 10 heteroatoms. The summed E-state index contributed by atoms with van der Waals surface area (Å²) in [4.78, 5) is 11.8. The molecule has 0 radical (unpaired) electrons. The molecule has 0 atom stereocenters. The van der Waals surface area contributed by atoms with Gasteiger partial charge in [-0.2, -0.15) is 4.98 Å². The topological polar surface area (TPSA) is 138 Å². The molecule has 0 fully saturated rings. The van der Waals surface area contributed by atoms with Crippen molar-refractivity contribution in [2.75, 3.05) is 35.8 Å². The molecule has 0 amide bonds. The van der Waals surface area contributed by atoms with Crippen LogP contribution in [-0.4, -0.2) is 39.8 Å². The summed E-state index contributed by atoms with van der Waals surface area (Å²) >= 11 is 0. The average molecular weight is 437 g/mol. The van der Waals surface area contributed by atoms with Gasteiger partial charge < -0.3 is 25.9 Å². The van der Waals surface area contributed by atoms with E-state index < -0.39 is 0 Å². The van der Waals surface area contributed by atoms with Crippen molar-refractivity contribution < 1.29 is 14.2 Å². The SMILES string of the molecule is Nc1cnc(NCCc2c[nH]c3ccc(F)cc23)nc1N(N)c1ccc(OCCO)cc1. The molecule has 0 bridgehead atoms. The maximum atomic E-state index is 13.6. The van der Waals surface area contributed by atoms with E-state index in [2.05, 4.69) is 20.3 Å². The van der Waals surface area contributed by atoms with E-state index in [1.807, 2.05) is 6.20 Å². The van der Waals surface area contributed by atoms with E-state index in [-0.39, 0.29) is 19.0 Å². The number of halogens is 1. The second-order valence-electron chi connectivity index (χ2n) is 7.09. The first-order valence-electron chi connectivity index (χ1n) is 10.1. The van der Waals surface area contributed by atoms with Gasteiger partial charge in [0.1, 0.15) is 18.2 Å². The van der Waals surface area contributed by atoms with Crippen LogP contribution in [0.3, 0.4) is 0 Å². The number of aliphatic hydroxyl groups excluding tert-OH is 1. The second-order valence-corrected chi connectivity index (χ2v) is 7.09. The number of aliphatic hydroxyl groups is 1. The van der Waals surface area contributed by atoms with Gasteiger partial charge in [-0.3, -0.25) is 5.01 Å². The quantitative estimate of drug-likeness (QED) is 0.199. The number of H-pyrrole nitrogens is 1. The van der Waals surface area contributed by atoms with Crippen molar-refractivity contribution in [3.63, 3.8) is 0 Å². The molecule has 9 nitrogen and oxygen atoms in total. The summed E-state index contributed by atoms with van der Waals surface area (Å²) < 4.78 is 18.9. The third-order valence-corrected chi connectivity index (χ3v) is 4.91. The van der Waals surface area contributed by atoms with E-state index in [0.717, 1.165) is 16.5 Å². The fraction of sp³-hybridized carbons (Fsp3) is 0.182. The molecule has 0 spiro atoms. The molecular formula is C22H24FN7O2. The fourth-order valence-corrected chi connectivity index (χ4v) is 3.32. The zero-order valence-corrected chi connectivity index (χ0v) is 17.3. The molecule has 4 aromatic rings. The highest BCUT2D eigenvalue weighted by Crippen LogP contribution is 2.27.